The fourth-order valence-electron chi connectivity index (χ4n) is 2.63. The van der Waals surface area contributed by atoms with Gasteiger partial charge in [-0.15, -0.1) is 5.10 Å². The van der Waals surface area contributed by atoms with Crippen LogP contribution < -0.4 is 5.56 Å². The summed E-state index contributed by atoms with van der Waals surface area (Å²) in [4.78, 5) is 12.6. The highest BCUT2D eigenvalue weighted by atomic mass is 35.5. The minimum absolute atomic E-state index is 0.199. The van der Waals surface area contributed by atoms with Crippen LogP contribution in [0.2, 0.25) is 5.02 Å². The van der Waals surface area contributed by atoms with Gasteiger partial charge in [-0.25, -0.2) is 0 Å². The molecular weight excluding hydrogens is 312 g/mol. The maximum absolute atomic E-state index is 12.6. The van der Waals surface area contributed by atoms with E-state index in [1.165, 1.54) is 10.2 Å². The average Bonchev–Trinajstić information content (AvgIpc) is 2.89. The van der Waals surface area contributed by atoms with Gasteiger partial charge < -0.3 is 4.42 Å². The number of hydrogen-bond acceptors (Lipinski definition) is 3. The largest absolute Gasteiger partial charge is 0.436 e. The molecule has 2 heterocycles. The lowest BCUT2D eigenvalue weighted by Gasteiger charge is -2.00. The highest BCUT2D eigenvalue weighted by Gasteiger charge is 2.19. The van der Waals surface area contributed by atoms with E-state index in [1.807, 2.05) is 24.3 Å². The average molecular weight is 325 g/mol. The summed E-state index contributed by atoms with van der Waals surface area (Å²) in [6.45, 7) is 2.09. The maximum Gasteiger partial charge on any atom is 0.284 e. The summed E-state index contributed by atoms with van der Waals surface area (Å²) in [5.41, 5.74) is 2.82. The predicted molar refractivity (Wildman–Crippen MR) is 90.6 cm³/mol. The zero-order valence-corrected chi connectivity index (χ0v) is 13.2. The molecule has 0 bridgehead atoms. The first kappa shape index (κ1) is 14.0. The minimum Gasteiger partial charge on any atom is -0.436 e. The van der Waals surface area contributed by atoms with Crippen LogP contribution in [0.3, 0.4) is 0 Å². The van der Waals surface area contributed by atoms with Crippen molar-refractivity contribution in [1.82, 2.24) is 9.78 Å². The molecule has 0 amide bonds. The van der Waals surface area contributed by atoms with Crippen LogP contribution in [-0.2, 0) is 6.42 Å². The smallest absolute Gasteiger partial charge is 0.284 e. The monoisotopic (exact) mass is 324 g/mol. The molecule has 0 aliphatic carbocycles. The fraction of sp³-hybridized carbons (Fsp3) is 0.111. The lowest BCUT2D eigenvalue weighted by molar-refractivity contribution is 0.591. The molecule has 23 heavy (non-hydrogen) atoms. The Labute approximate surface area is 137 Å². The molecule has 114 valence electrons. The van der Waals surface area contributed by atoms with Crippen LogP contribution in [0.15, 0.2) is 57.7 Å². The van der Waals surface area contributed by atoms with E-state index in [1.54, 1.807) is 24.3 Å². The van der Waals surface area contributed by atoms with Gasteiger partial charge in [0, 0.05) is 10.4 Å². The van der Waals surface area contributed by atoms with Gasteiger partial charge in [-0.3, -0.25) is 4.79 Å². The van der Waals surface area contributed by atoms with Crippen molar-refractivity contribution >= 4 is 22.6 Å². The zero-order chi connectivity index (χ0) is 16.0. The van der Waals surface area contributed by atoms with Gasteiger partial charge in [0.15, 0.2) is 0 Å². The molecule has 0 saturated heterocycles. The van der Waals surface area contributed by atoms with Crippen molar-refractivity contribution in [2.24, 2.45) is 0 Å². The van der Waals surface area contributed by atoms with Gasteiger partial charge in [-0.2, -0.15) is 4.68 Å². The highest BCUT2D eigenvalue weighted by Crippen LogP contribution is 2.27. The van der Waals surface area contributed by atoms with Gasteiger partial charge >= 0.3 is 0 Å². The van der Waals surface area contributed by atoms with Crippen molar-refractivity contribution in [1.29, 1.82) is 0 Å². The third-order valence-corrected chi connectivity index (χ3v) is 4.15. The number of benzene rings is 2. The molecular formula is C18H13ClN2O2. The molecule has 2 aliphatic heterocycles. The van der Waals surface area contributed by atoms with Crippen LogP contribution in [0.25, 0.3) is 28.1 Å². The van der Waals surface area contributed by atoms with Crippen molar-refractivity contribution in [2.75, 3.05) is 0 Å². The maximum atomic E-state index is 12.6. The van der Waals surface area contributed by atoms with Gasteiger partial charge in [0.2, 0.25) is 5.89 Å². The van der Waals surface area contributed by atoms with Crippen molar-refractivity contribution in [2.45, 2.75) is 13.3 Å². The second-order valence-corrected chi connectivity index (χ2v) is 5.82. The summed E-state index contributed by atoms with van der Waals surface area (Å²) in [7, 11) is 0. The normalized spacial score (nSPS) is 11.4. The van der Waals surface area contributed by atoms with E-state index >= 15 is 0 Å². The van der Waals surface area contributed by atoms with Gasteiger partial charge in [-0.05, 0) is 48.4 Å². The van der Waals surface area contributed by atoms with Crippen molar-refractivity contribution in [3.05, 3.63) is 69.5 Å². The number of hydrogen-bond donors (Lipinski definition) is 0. The van der Waals surface area contributed by atoms with Gasteiger partial charge in [0.1, 0.15) is 11.1 Å². The summed E-state index contributed by atoms with van der Waals surface area (Å²) in [6.07, 6.45) is 0.951. The van der Waals surface area contributed by atoms with Crippen LogP contribution in [-0.4, -0.2) is 9.78 Å². The first-order valence-electron chi connectivity index (χ1n) is 7.37. The van der Waals surface area contributed by atoms with Gasteiger partial charge in [0.05, 0.1) is 5.69 Å². The molecule has 0 aromatic heterocycles. The van der Waals surface area contributed by atoms with E-state index in [0.717, 1.165) is 17.5 Å². The molecule has 4 nitrogen and oxygen atoms in total. The third-order valence-electron chi connectivity index (χ3n) is 3.91. The molecule has 0 radical (unpaired) electrons. The molecule has 5 heteroatoms. The number of aryl methyl sites for hydroxylation is 1. The van der Waals surface area contributed by atoms with E-state index < -0.39 is 0 Å². The SMILES string of the molecule is CCc1ccc(-n2nc3oc4ccc(Cl)cc4cc-3c2=O)cc1. The Morgan fingerprint density at radius 2 is 1.91 bits per heavy atom. The molecule has 2 aromatic rings. The number of nitrogens with zero attached hydrogens (tertiary/aromatic N) is 2. The second kappa shape index (κ2) is 5.25. The van der Waals surface area contributed by atoms with Gasteiger partial charge in [-0.1, -0.05) is 30.7 Å². The quantitative estimate of drug-likeness (QED) is 0.552. The Morgan fingerprint density at radius 3 is 2.65 bits per heavy atom. The second-order valence-electron chi connectivity index (χ2n) is 5.38. The summed E-state index contributed by atoms with van der Waals surface area (Å²) in [5, 5.41) is 5.69. The van der Waals surface area contributed by atoms with Crippen molar-refractivity contribution in [3.8, 4) is 17.1 Å². The van der Waals surface area contributed by atoms with Crippen molar-refractivity contribution in [3.63, 3.8) is 0 Å². The summed E-state index contributed by atoms with van der Waals surface area (Å²) < 4.78 is 7.11. The van der Waals surface area contributed by atoms with Gasteiger partial charge in [0.25, 0.3) is 5.56 Å². The Kier molecular flexibility index (Phi) is 3.20. The minimum atomic E-state index is -0.199. The molecule has 2 aliphatic rings. The molecule has 0 unspecified atom stereocenters. The van der Waals surface area contributed by atoms with Crippen LogP contribution in [0.1, 0.15) is 12.5 Å². The van der Waals surface area contributed by atoms with E-state index in [0.29, 0.717) is 22.1 Å². The predicted octanol–water partition coefficient (Wildman–Crippen LogP) is 4.30. The molecule has 4 rings (SSSR count). The van der Waals surface area contributed by atoms with E-state index in [-0.39, 0.29) is 5.56 Å². The summed E-state index contributed by atoms with van der Waals surface area (Å²) in [5.74, 6) is 0.324. The molecule has 2 aromatic carbocycles. The number of aromatic nitrogens is 2. The number of halogens is 1. The third kappa shape index (κ3) is 2.32. The van der Waals surface area contributed by atoms with E-state index in [9.17, 15) is 4.79 Å². The number of rotatable bonds is 2. The van der Waals surface area contributed by atoms with Crippen molar-refractivity contribution < 1.29 is 4.42 Å². The Balaban J connectivity index is 1.94. The Bertz CT molecular complexity index is 1030. The molecule has 0 fully saturated rings. The summed E-state index contributed by atoms with van der Waals surface area (Å²) >= 11 is 6.00. The molecule has 0 atom stereocenters. The molecule has 0 saturated carbocycles. The fourth-order valence-corrected chi connectivity index (χ4v) is 2.81. The van der Waals surface area contributed by atoms with Crippen LogP contribution in [0.5, 0.6) is 0 Å². The van der Waals surface area contributed by atoms with Crippen LogP contribution in [0, 0.1) is 0 Å². The Morgan fingerprint density at radius 1 is 1.13 bits per heavy atom. The van der Waals surface area contributed by atoms with Crippen LogP contribution in [0.4, 0.5) is 0 Å². The molecule has 0 spiro atoms. The summed E-state index contributed by atoms with van der Waals surface area (Å²) in [6, 6.07) is 14.8. The standard InChI is InChI=1S/C18H13ClN2O2/c1-2-11-3-6-14(7-4-11)21-18(22)15-10-12-9-13(19)5-8-16(12)23-17(15)20-21/h3-10H,2H2,1H3. The zero-order valence-electron chi connectivity index (χ0n) is 12.4. The lowest BCUT2D eigenvalue weighted by atomic mass is 10.1. The van der Waals surface area contributed by atoms with E-state index in [2.05, 4.69) is 12.0 Å². The van der Waals surface area contributed by atoms with Crippen LogP contribution >= 0.6 is 11.6 Å². The molecule has 0 N–H and O–H groups in total. The van der Waals surface area contributed by atoms with E-state index in [4.69, 9.17) is 16.0 Å². The Hall–Kier alpha value is -2.59. The highest BCUT2D eigenvalue weighted by molar-refractivity contribution is 6.31. The lowest BCUT2D eigenvalue weighted by Crippen LogP contribution is -2.14. The first-order valence-corrected chi connectivity index (χ1v) is 7.75. The first-order chi connectivity index (χ1) is 11.2. The number of fused-ring (bicyclic) bond motifs is 2. The topological polar surface area (TPSA) is 48.0 Å².